The average molecular weight is 318 g/mol. The summed E-state index contributed by atoms with van der Waals surface area (Å²) in [5.74, 6) is 1.28. The zero-order chi connectivity index (χ0) is 16.2. The van der Waals surface area contributed by atoms with E-state index in [1.807, 2.05) is 65.5 Å². The van der Waals surface area contributed by atoms with Gasteiger partial charge in [0.05, 0.1) is 5.69 Å². The van der Waals surface area contributed by atoms with Crippen LogP contribution in [0.1, 0.15) is 5.56 Å². The van der Waals surface area contributed by atoms with Crippen molar-refractivity contribution in [3.63, 3.8) is 0 Å². The topological polar surface area (TPSA) is 66.0 Å². The van der Waals surface area contributed by atoms with E-state index in [2.05, 4.69) is 15.3 Å². The third-order valence-corrected chi connectivity index (χ3v) is 3.57. The van der Waals surface area contributed by atoms with Gasteiger partial charge in [0.2, 0.25) is 12.3 Å². The van der Waals surface area contributed by atoms with E-state index in [0.29, 0.717) is 12.5 Å². The van der Waals surface area contributed by atoms with Crippen LogP contribution in [0.15, 0.2) is 77.8 Å². The lowest BCUT2D eigenvalue weighted by molar-refractivity contribution is 0.306. The van der Waals surface area contributed by atoms with Crippen LogP contribution in [0.5, 0.6) is 5.75 Å². The third-order valence-electron chi connectivity index (χ3n) is 3.57. The number of rotatable bonds is 5. The Balaban J connectivity index is 1.40. The summed E-state index contributed by atoms with van der Waals surface area (Å²) in [6, 6.07) is 17.6. The van der Waals surface area contributed by atoms with E-state index in [-0.39, 0.29) is 0 Å². The van der Waals surface area contributed by atoms with Crippen LogP contribution >= 0.6 is 0 Å². The highest BCUT2D eigenvalue weighted by Gasteiger charge is 2.04. The van der Waals surface area contributed by atoms with E-state index in [0.717, 1.165) is 22.6 Å². The monoisotopic (exact) mass is 318 g/mol. The Bertz CT molecular complexity index is 806. The molecular formula is C18H14N4O2. The van der Waals surface area contributed by atoms with Crippen LogP contribution in [0.25, 0.3) is 17.1 Å². The van der Waals surface area contributed by atoms with E-state index in [9.17, 15) is 0 Å². The molecule has 0 fully saturated rings. The van der Waals surface area contributed by atoms with Gasteiger partial charge in [-0.2, -0.15) is 5.10 Å². The van der Waals surface area contributed by atoms with Crippen molar-refractivity contribution in [1.82, 2.24) is 20.0 Å². The second-order valence-corrected chi connectivity index (χ2v) is 5.17. The Hall–Kier alpha value is -3.41. The van der Waals surface area contributed by atoms with Crippen molar-refractivity contribution in [1.29, 1.82) is 0 Å². The minimum atomic E-state index is 0.496. The Morgan fingerprint density at radius 2 is 1.83 bits per heavy atom. The summed E-state index contributed by atoms with van der Waals surface area (Å²) in [6.45, 7) is 0.499. The Morgan fingerprint density at radius 3 is 2.50 bits per heavy atom. The first-order valence-corrected chi connectivity index (χ1v) is 7.47. The molecule has 0 N–H and O–H groups in total. The van der Waals surface area contributed by atoms with Crippen molar-refractivity contribution >= 4 is 0 Å². The molecule has 0 aliphatic heterocycles. The van der Waals surface area contributed by atoms with E-state index < -0.39 is 0 Å². The van der Waals surface area contributed by atoms with Gasteiger partial charge >= 0.3 is 0 Å². The molecule has 0 amide bonds. The van der Waals surface area contributed by atoms with E-state index >= 15 is 0 Å². The normalized spacial score (nSPS) is 10.7. The van der Waals surface area contributed by atoms with Gasteiger partial charge in [0, 0.05) is 18.0 Å². The second-order valence-electron chi connectivity index (χ2n) is 5.17. The summed E-state index contributed by atoms with van der Waals surface area (Å²) in [7, 11) is 0. The molecule has 2 aromatic heterocycles. The van der Waals surface area contributed by atoms with E-state index in [1.54, 1.807) is 6.20 Å². The fourth-order valence-corrected chi connectivity index (χ4v) is 2.33. The highest BCUT2D eigenvalue weighted by atomic mass is 16.5. The molecule has 0 aliphatic carbocycles. The minimum Gasteiger partial charge on any atom is -0.489 e. The minimum absolute atomic E-state index is 0.496. The first-order chi connectivity index (χ1) is 11.9. The lowest BCUT2D eigenvalue weighted by atomic mass is 10.2. The molecule has 0 aliphatic rings. The molecular weight excluding hydrogens is 304 g/mol. The molecule has 0 radical (unpaired) electrons. The number of nitrogens with zero attached hydrogens (tertiary/aromatic N) is 4. The number of hydrogen-bond donors (Lipinski definition) is 0. The number of hydrogen-bond acceptors (Lipinski definition) is 5. The highest BCUT2D eigenvalue weighted by Crippen LogP contribution is 2.21. The molecule has 4 aromatic rings. The van der Waals surface area contributed by atoms with Crippen LogP contribution < -0.4 is 4.74 Å². The molecule has 4 rings (SSSR count). The van der Waals surface area contributed by atoms with Crippen molar-refractivity contribution < 1.29 is 9.15 Å². The van der Waals surface area contributed by atoms with Crippen molar-refractivity contribution in [2.24, 2.45) is 0 Å². The number of benzene rings is 2. The van der Waals surface area contributed by atoms with Crippen molar-refractivity contribution in [3.05, 3.63) is 78.9 Å². The molecule has 6 heteroatoms. The molecule has 0 bridgehead atoms. The molecule has 24 heavy (non-hydrogen) atoms. The summed E-state index contributed by atoms with van der Waals surface area (Å²) in [5.41, 5.74) is 2.97. The molecule has 6 nitrogen and oxygen atoms in total. The van der Waals surface area contributed by atoms with Crippen LogP contribution in [-0.4, -0.2) is 20.0 Å². The van der Waals surface area contributed by atoms with Gasteiger partial charge in [-0.1, -0.05) is 12.1 Å². The summed E-state index contributed by atoms with van der Waals surface area (Å²) in [4.78, 5) is 0. The van der Waals surface area contributed by atoms with Gasteiger partial charge in [0.25, 0.3) is 0 Å². The summed E-state index contributed by atoms with van der Waals surface area (Å²) in [6.07, 6.45) is 4.98. The van der Waals surface area contributed by atoms with Gasteiger partial charge in [-0.25, -0.2) is 4.68 Å². The second kappa shape index (κ2) is 6.37. The summed E-state index contributed by atoms with van der Waals surface area (Å²) >= 11 is 0. The Morgan fingerprint density at radius 1 is 1.00 bits per heavy atom. The van der Waals surface area contributed by atoms with Gasteiger partial charge < -0.3 is 9.15 Å². The van der Waals surface area contributed by atoms with Crippen LogP contribution in [0.4, 0.5) is 0 Å². The third kappa shape index (κ3) is 3.03. The molecule has 2 heterocycles. The molecule has 0 atom stereocenters. The number of ether oxygens (including phenoxy) is 1. The molecule has 0 saturated heterocycles. The lowest BCUT2D eigenvalue weighted by Crippen LogP contribution is -1.97. The fraction of sp³-hybridized carbons (Fsp3) is 0.0556. The van der Waals surface area contributed by atoms with Crippen LogP contribution in [0, 0.1) is 0 Å². The maximum absolute atomic E-state index is 5.81. The zero-order valence-corrected chi connectivity index (χ0v) is 12.7. The van der Waals surface area contributed by atoms with E-state index in [4.69, 9.17) is 9.15 Å². The van der Waals surface area contributed by atoms with Crippen molar-refractivity contribution in [3.8, 4) is 22.9 Å². The first-order valence-electron chi connectivity index (χ1n) is 7.47. The first kappa shape index (κ1) is 14.2. The summed E-state index contributed by atoms with van der Waals surface area (Å²) in [5, 5.41) is 11.8. The molecule has 0 spiro atoms. The van der Waals surface area contributed by atoms with Gasteiger partial charge in [0.15, 0.2) is 0 Å². The zero-order valence-electron chi connectivity index (χ0n) is 12.7. The average Bonchev–Trinajstić information content (AvgIpc) is 3.34. The lowest BCUT2D eigenvalue weighted by Gasteiger charge is -2.08. The fourth-order valence-electron chi connectivity index (χ4n) is 2.33. The van der Waals surface area contributed by atoms with Crippen LogP contribution in [0.2, 0.25) is 0 Å². The molecule has 2 aromatic carbocycles. The van der Waals surface area contributed by atoms with Crippen molar-refractivity contribution in [2.45, 2.75) is 6.61 Å². The predicted molar refractivity (Wildman–Crippen MR) is 87.6 cm³/mol. The van der Waals surface area contributed by atoms with Gasteiger partial charge in [-0.15, -0.1) is 10.2 Å². The maximum atomic E-state index is 5.81. The van der Waals surface area contributed by atoms with Gasteiger partial charge in [0.1, 0.15) is 12.4 Å². The van der Waals surface area contributed by atoms with Gasteiger partial charge in [-0.05, 0) is 48.0 Å². The summed E-state index contributed by atoms with van der Waals surface area (Å²) < 4.78 is 12.8. The smallest absolute Gasteiger partial charge is 0.247 e. The largest absolute Gasteiger partial charge is 0.489 e. The SMILES string of the molecule is c1cnn(-c2ccc(COc3ccc(-c4nnco4)cc3)cc2)c1. The number of aromatic nitrogens is 4. The Labute approximate surface area is 138 Å². The predicted octanol–water partition coefficient (Wildman–Crippen LogP) is 3.50. The quantitative estimate of drug-likeness (QED) is 0.563. The molecule has 118 valence electrons. The molecule has 0 unspecified atom stereocenters. The highest BCUT2D eigenvalue weighted by molar-refractivity contribution is 5.53. The maximum Gasteiger partial charge on any atom is 0.247 e. The standard InChI is InChI=1S/C18H14N4O2/c1-10-20-22(11-1)16-6-2-14(3-7-16)12-23-17-8-4-15(5-9-17)18-21-19-13-24-18/h1-11,13H,12H2. The van der Waals surface area contributed by atoms with Crippen molar-refractivity contribution in [2.75, 3.05) is 0 Å². The molecule has 0 saturated carbocycles. The van der Waals surface area contributed by atoms with Crippen LogP contribution in [-0.2, 0) is 6.61 Å². The van der Waals surface area contributed by atoms with E-state index in [1.165, 1.54) is 6.39 Å². The van der Waals surface area contributed by atoms with Gasteiger partial charge in [-0.3, -0.25) is 0 Å². The Kier molecular flexibility index (Phi) is 3.77. The van der Waals surface area contributed by atoms with Crippen LogP contribution in [0.3, 0.4) is 0 Å².